The fourth-order valence-electron chi connectivity index (χ4n) is 6.24. The minimum Gasteiger partial charge on any atom is -0.481 e. The molecule has 0 saturated carbocycles. The van der Waals surface area contributed by atoms with E-state index in [1.165, 1.54) is 185 Å². The average Bonchev–Trinajstić information content (AvgIpc) is 3.04. The van der Waals surface area contributed by atoms with Crippen molar-refractivity contribution in [3.8, 4) is 0 Å². The Bertz CT molecular complexity index is 600. The third kappa shape index (κ3) is 40.9. The zero-order valence-electron chi connectivity index (χ0n) is 32.4. The Labute approximate surface area is 291 Å². The number of hydrogen-bond acceptors (Lipinski definition) is 1. The van der Waals surface area contributed by atoms with Crippen LogP contribution in [-0.4, -0.2) is 42.2 Å². The normalized spacial score (nSPS) is 11.8. The highest BCUT2D eigenvalue weighted by Crippen LogP contribution is 2.16. The molecule has 0 aromatic heterocycles. The maximum Gasteiger partial charge on any atom is 0.303 e. The summed E-state index contributed by atoms with van der Waals surface area (Å²) in [6, 6.07) is 0. The zero-order chi connectivity index (χ0) is 34.2. The van der Waals surface area contributed by atoms with Crippen molar-refractivity contribution < 1.29 is 14.4 Å². The smallest absolute Gasteiger partial charge is 0.303 e. The van der Waals surface area contributed by atoms with Crippen LogP contribution in [0.15, 0.2) is 24.3 Å². The monoisotopic (exact) mass is 649 g/mol. The van der Waals surface area contributed by atoms with Gasteiger partial charge >= 0.3 is 5.97 Å². The number of unbranched alkanes of at least 4 members (excludes halogenated alkanes) is 23. The summed E-state index contributed by atoms with van der Waals surface area (Å²) in [5, 5.41) is 8.50. The Hall–Kier alpha value is -1.09. The SMILES string of the molecule is CCCCC/C=C\C/C=C\CCCCCCCC(=O)O.CCCCCCCC[N+](C)(CCCCCCCC)CCCCCCCC. The van der Waals surface area contributed by atoms with Gasteiger partial charge in [0.05, 0.1) is 26.7 Å². The summed E-state index contributed by atoms with van der Waals surface area (Å²) in [7, 11) is 2.56. The molecule has 0 unspecified atom stereocenters. The van der Waals surface area contributed by atoms with Crippen molar-refractivity contribution in [2.24, 2.45) is 0 Å². The minimum absolute atomic E-state index is 0.324. The first-order chi connectivity index (χ1) is 22.5. The summed E-state index contributed by atoms with van der Waals surface area (Å²) >= 11 is 0. The molecule has 0 radical (unpaired) electrons. The van der Waals surface area contributed by atoms with Crippen molar-refractivity contribution in [1.29, 1.82) is 0 Å². The lowest BCUT2D eigenvalue weighted by molar-refractivity contribution is -0.910. The molecule has 0 fully saturated rings. The highest BCUT2D eigenvalue weighted by Gasteiger charge is 2.20. The Morgan fingerprint density at radius 3 is 1.13 bits per heavy atom. The standard InChI is InChI=1S/C25H54N.C18H32O2/c1-5-8-11-14-17-20-23-26(4,24-21-18-15-12-9-6-2)25-22-19-16-13-10-7-3;1-2-3-4-5-6-7-8-9-10-11-12-13-14-15-16-17-18(19)20/h5-25H2,1-4H3;6-7,9-10H,2-5,8,11-17H2,1H3,(H,19,20)/q+1;/b;7-6-,10-9-. The molecule has 0 aliphatic heterocycles. The fraction of sp³-hybridized carbons (Fsp3) is 0.884. The quantitative estimate of drug-likeness (QED) is 0.0422. The van der Waals surface area contributed by atoms with Crippen LogP contribution in [0.25, 0.3) is 0 Å². The van der Waals surface area contributed by atoms with E-state index in [1.54, 1.807) is 0 Å². The molecular weight excluding hydrogens is 562 g/mol. The van der Waals surface area contributed by atoms with E-state index >= 15 is 0 Å². The second-order valence-corrected chi connectivity index (χ2v) is 14.5. The van der Waals surface area contributed by atoms with Crippen molar-refractivity contribution in [2.75, 3.05) is 26.7 Å². The van der Waals surface area contributed by atoms with Crippen LogP contribution in [0.5, 0.6) is 0 Å². The molecular formula is C43H86NO2+. The Kier molecular flexibility index (Phi) is 41.0. The van der Waals surface area contributed by atoms with Gasteiger partial charge in [0.25, 0.3) is 0 Å². The number of quaternary nitrogens is 1. The number of carbonyl (C=O) groups is 1. The summed E-state index contributed by atoms with van der Waals surface area (Å²) in [6.45, 7) is 13.5. The van der Waals surface area contributed by atoms with Crippen LogP contribution in [0, 0.1) is 0 Å². The molecule has 0 bridgehead atoms. The van der Waals surface area contributed by atoms with Gasteiger partial charge in [-0.1, -0.05) is 161 Å². The maximum absolute atomic E-state index is 10.3. The molecule has 3 heteroatoms. The summed E-state index contributed by atoms with van der Waals surface area (Å²) in [5.74, 6) is -0.671. The van der Waals surface area contributed by atoms with Crippen molar-refractivity contribution in [3.05, 3.63) is 24.3 Å². The van der Waals surface area contributed by atoms with Crippen molar-refractivity contribution >= 4 is 5.97 Å². The lowest BCUT2D eigenvalue weighted by atomic mass is 10.1. The van der Waals surface area contributed by atoms with E-state index in [9.17, 15) is 4.79 Å². The molecule has 46 heavy (non-hydrogen) atoms. The van der Waals surface area contributed by atoms with Gasteiger partial charge in [-0.3, -0.25) is 4.79 Å². The molecule has 0 aromatic carbocycles. The zero-order valence-corrected chi connectivity index (χ0v) is 32.4. The third-order valence-electron chi connectivity index (χ3n) is 9.50. The van der Waals surface area contributed by atoms with Gasteiger partial charge in [-0.15, -0.1) is 0 Å². The van der Waals surface area contributed by atoms with Gasteiger partial charge in [-0.05, 0) is 77.0 Å². The highest BCUT2D eigenvalue weighted by molar-refractivity contribution is 5.66. The number of aliphatic carboxylic acids is 1. The predicted octanol–water partition coefficient (Wildman–Crippen LogP) is 14.4. The topological polar surface area (TPSA) is 37.3 Å². The second kappa shape index (κ2) is 40.1. The van der Waals surface area contributed by atoms with E-state index in [2.05, 4.69) is 59.0 Å². The van der Waals surface area contributed by atoms with Crippen molar-refractivity contribution in [3.63, 3.8) is 0 Å². The first kappa shape index (κ1) is 47.0. The summed E-state index contributed by atoms with van der Waals surface area (Å²) in [4.78, 5) is 10.3. The number of hydrogen-bond donors (Lipinski definition) is 1. The van der Waals surface area contributed by atoms with Gasteiger partial charge in [0.1, 0.15) is 0 Å². The Morgan fingerprint density at radius 2 is 0.739 bits per heavy atom. The van der Waals surface area contributed by atoms with Crippen molar-refractivity contribution in [2.45, 2.75) is 220 Å². The molecule has 0 heterocycles. The van der Waals surface area contributed by atoms with Gasteiger partial charge in [-0.25, -0.2) is 0 Å². The maximum atomic E-state index is 10.3. The van der Waals surface area contributed by atoms with Gasteiger partial charge in [-0.2, -0.15) is 0 Å². The van der Waals surface area contributed by atoms with Crippen molar-refractivity contribution in [1.82, 2.24) is 0 Å². The molecule has 0 atom stereocenters. The molecule has 0 aliphatic carbocycles. The molecule has 0 rings (SSSR count). The predicted molar refractivity (Wildman–Crippen MR) is 208 cm³/mol. The van der Waals surface area contributed by atoms with Gasteiger partial charge < -0.3 is 9.59 Å². The molecule has 0 amide bonds. The number of nitrogens with zero attached hydrogens (tertiary/aromatic N) is 1. The van der Waals surface area contributed by atoms with Gasteiger partial charge in [0.15, 0.2) is 0 Å². The van der Waals surface area contributed by atoms with Crippen LogP contribution in [0.1, 0.15) is 220 Å². The van der Waals surface area contributed by atoms with E-state index in [4.69, 9.17) is 5.11 Å². The third-order valence-corrected chi connectivity index (χ3v) is 9.50. The van der Waals surface area contributed by atoms with E-state index < -0.39 is 5.97 Å². The molecule has 0 aliphatic rings. The van der Waals surface area contributed by atoms with E-state index in [-0.39, 0.29) is 0 Å². The lowest BCUT2D eigenvalue weighted by Gasteiger charge is -2.35. The van der Waals surface area contributed by atoms with Crippen LogP contribution in [0.4, 0.5) is 0 Å². The summed E-state index contributed by atoms with van der Waals surface area (Å²) in [5.41, 5.74) is 0. The van der Waals surface area contributed by atoms with E-state index in [0.29, 0.717) is 6.42 Å². The van der Waals surface area contributed by atoms with Crippen LogP contribution >= 0.6 is 0 Å². The average molecular weight is 649 g/mol. The van der Waals surface area contributed by atoms with Crippen LogP contribution in [0.2, 0.25) is 0 Å². The molecule has 1 N–H and O–H groups in total. The summed E-state index contributed by atoms with van der Waals surface area (Å²) in [6.07, 6.45) is 48.1. The Balaban J connectivity index is 0. The van der Waals surface area contributed by atoms with Gasteiger partial charge in [0, 0.05) is 6.42 Å². The Morgan fingerprint density at radius 1 is 0.435 bits per heavy atom. The number of rotatable bonds is 35. The summed E-state index contributed by atoms with van der Waals surface area (Å²) < 4.78 is 1.36. The van der Waals surface area contributed by atoms with Gasteiger partial charge in [0.2, 0.25) is 0 Å². The lowest BCUT2D eigenvalue weighted by Crippen LogP contribution is -2.46. The van der Waals surface area contributed by atoms with Crippen LogP contribution in [0.3, 0.4) is 0 Å². The molecule has 274 valence electrons. The molecule has 0 aromatic rings. The number of carboxylic acid groups (broad SMARTS) is 1. The first-order valence-corrected chi connectivity index (χ1v) is 20.8. The number of allylic oxidation sites excluding steroid dienone is 4. The molecule has 3 nitrogen and oxygen atoms in total. The molecule has 0 saturated heterocycles. The van der Waals surface area contributed by atoms with Crippen LogP contribution < -0.4 is 0 Å². The highest BCUT2D eigenvalue weighted by atomic mass is 16.4. The van der Waals surface area contributed by atoms with Crippen LogP contribution in [-0.2, 0) is 4.79 Å². The minimum atomic E-state index is -0.671. The largest absolute Gasteiger partial charge is 0.481 e. The first-order valence-electron chi connectivity index (χ1n) is 20.8. The fourth-order valence-corrected chi connectivity index (χ4v) is 6.24. The van der Waals surface area contributed by atoms with E-state index in [1.807, 2.05) is 0 Å². The molecule has 0 spiro atoms. The second-order valence-electron chi connectivity index (χ2n) is 14.5. The number of carboxylic acids is 1. The van der Waals surface area contributed by atoms with E-state index in [0.717, 1.165) is 25.7 Å².